The molecule has 0 aliphatic carbocycles. The van der Waals surface area contributed by atoms with Crippen molar-refractivity contribution in [2.45, 2.75) is 19.4 Å². The van der Waals surface area contributed by atoms with Gasteiger partial charge in [-0.2, -0.15) is 0 Å². The zero-order valence-corrected chi connectivity index (χ0v) is 11.1. The van der Waals surface area contributed by atoms with Crippen LogP contribution in [0.5, 0.6) is 5.75 Å². The Morgan fingerprint density at radius 3 is 2.33 bits per heavy atom. The zero-order chi connectivity index (χ0) is 13.8. The summed E-state index contributed by atoms with van der Waals surface area (Å²) in [6, 6.07) is 5.98. The van der Waals surface area contributed by atoms with Crippen LogP contribution in [0.3, 0.4) is 0 Å². The maximum Gasteiger partial charge on any atom is 0.524 e. The van der Waals surface area contributed by atoms with E-state index < -0.39 is 7.82 Å². The Morgan fingerprint density at radius 1 is 1.39 bits per heavy atom. The molecule has 100 valence electrons. The molecule has 0 fully saturated rings. The normalized spacial score (nSPS) is 13.1. The number of phosphoric acid groups is 1. The Bertz CT molecular complexity index is 453. The summed E-state index contributed by atoms with van der Waals surface area (Å²) >= 11 is 0. The lowest BCUT2D eigenvalue weighted by Crippen LogP contribution is -2.34. The Labute approximate surface area is 105 Å². The summed E-state index contributed by atoms with van der Waals surface area (Å²) in [6.07, 6.45) is 0.516. The summed E-state index contributed by atoms with van der Waals surface area (Å²) in [5.74, 6) is 0.129. The molecule has 0 heterocycles. The van der Waals surface area contributed by atoms with Gasteiger partial charge in [0.25, 0.3) is 0 Å². The molecule has 1 aromatic carbocycles. The number of ketones is 1. The van der Waals surface area contributed by atoms with Gasteiger partial charge in [-0.3, -0.25) is 14.6 Å². The van der Waals surface area contributed by atoms with E-state index in [0.29, 0.717) is 6.42 Å². The average molecular weight is 273 g/mol. The van der Waals surface area contributed by atoms with Gasteiger partial charge in [0.15, 0.2) is 0 Å². The highest BCUT2D eigenvalue weighted by molar-refractivity contribution is 7.46. The number of phosphoric ester groups is 1. The predicted octanol–water partition coefficient (Wildman–Crippen LogP) is 0.878. The standard InChI is InChI=1S/C11H16NO5P/c1-8(13)11(12-2)7-9-3-5-10(6-4-9)17-18(14,15)16/h3-6,11-12H,7H2,1-2H3,(H2,14,15,16). The first-order valence-electron chi connectivity index (χ1n) is 5.33. The second-order valence-corrected chi connectivity index (χ2v) is 5.05. The maximum absolute atomic E-state index is 11.2. The maximum atomic E-state index is 11.2. The number of carbonyl (C=O) groups excluding carboxylic acids is 1. The largest absolute Gasteiger partial charge is 0.524 e. The van der Waals surface area contributed by atoms with E-state index in [2.05, 4.69) is 9.84 Å². The van der Waals surface area contributed by atoms with Gasteiger partial charge in [-0.1, -0.05) is 12.1 Å². The lowest BCUT2D eigenvalue weighted by molar-refractivity contribution is -0.118. The molecular formula is C11H16NO5P. The second kappa shape index (κ2) is 6.11. The number of Topliss-reactive ketones (excluding diaryl/α,β-unsaturated/α-hetero) is 1. The van der Waals surface area contributed by atoms with Crippen molar-refractivity contribution in [3.8, 4) is 5.75 Å². The summed E-state index contributed by atoms with van der Waals surface area (Å²) in [5, 5.41) is 2.90. The summed E-state index contributed by atoms with van der Waals surface area (Å²) in [6.45, 7) is 1.51. The van der Waals surface area contributed by atoms with Gasteiger partial charge in [-0.05, 0) is 38.1 Å². The minimum absolute atomic E-state index is 0.0352. The lowest BCUT2D eigenvalue weighted by atomic mass is 10.0. The molecule has 0 spiro atoms. The number of likely N-dealkylation sites (N-methyl/N-ethyl adjacent to an activating group) is 1. The number of benzene rings is 1. The van der Waals surface area contributed by atoms with Crippen LogP contribution in [0.2, 0.25) is 0 Å². The third-order valence-corrected chi connectivity index (χ3v) is 2.88. The van der Waals surface area contributed by atoms with Crippen LogP contribution in [-0.2, 0) is 15.8 Å². The van der Waals surface area contributed by atoms with E-state index in [-0.39, 0.29) is 17.6 Å². The highest BCUT2D eigenvalue weighted by Gasteiger charge is 2.16. The van der Waals surface area contributed by atoms with Gasteiger partial charge in [0.2, 0.25) is 0 Å². The molecule has 1 atom stereocenters. The minimum Gasteiger partial charge on any atom is -0.404 e. The van der Waals surface area contributed by atoms with Crippen LogP contribution in [0.1, 0.15) is 12.5 Å². The Hall–Kier alpha value is -1.20. The third-order valence-electron chi connectivity index (χ3n) is 2.43. The van der Waals surface area contributed by atoms with Gasteiger partial charge in [0.05, 0.1) is 6.04 Å². The van der Waals surface area contributed by atoms with Gasteiger partial charge in [-0.15, -0.1) is 0 Å². The molecule has 0 saturated heterocycles. The van der Waals surface area contributed by atoms with E-state index in [9.17, 15) is 9.36 Å². The fourth-order valence-corrected chi connectivity index (χ4v) is 1.90. The second-order valence-electron chi connectivity index (χ2n) is 3.88. The van der Waals surface area contributed by atoms with E-state index in [1.165, 1.54) is 19.1 Å². The lowest BCUT2D eigenvalue weighted by Gasteiger charge is -2.13. The van der Waals surface area contributed by atoms with Crippen LogP contribution in [0.25, 0.3) is 0 Å². The molecule has 7 heteroatoms. The molecule has 0 saturated carbocycles. The Morgan fingerprint density at radius 2 is 1.94 bits per heavy atom. The molecule has 3 N–H and O–H groups in total. The minimum atomic E-state index is -4.52. The van der Waals surface area contributed by atoms with Crippen molar-refractivity contribution in [3.63, 3.8) is 0 Å². The van der Waals surface area contributed by atoms with Crippen LogP contribution < -0.4 is 9.84 Å². The van der Waals surface area contributed by atoms with E-state index >= 15 is 0 Å². The summed E-state index contributed by atoms with van der Waals surface area (Å²) in [5.41, 5.74) is 0.877. The average Bonchev–Trinajstić information content (AvgIpc) is 2.25. The number of hydrogen-bond acceptors (Lipinski definition) is 4. The molecule has 1 aromatic rings. The monoisotopic (exact) mass is 273 g/mol. The van der Waals surface area contributed by atoms with Gasteiger partial charge in [0.1, 0.15) is 11.5 Å². The summed E-state index contributed by atoms with van der Waals surface area (Å²) in [7, 11) is -2.81. The van der Waals surface area contributed by atoms with Crippen molar-refractivity contribution in [1.82, 2.24) is 5.32 Å². The molecule has 0 aromatic heterocycles. The first-order valence-corrected chi connectivity index (χ1v) is 6.86. The van der Waals surface area contributed by atoms with Crippen LogP contribution in [-0.4, -0.2) is 28.7 Å². The molecule has 0 bridgehead atoms. The van der Waals surface area contributed by atoms with E-state index in [1.807, 2.05) is 0 Å². The fraction of sp³-hybridized carbons (Fsp3) is 0.364. The van der Waals surface area contributed by atoms with E-state index in [0.717, 1.165) is 5.56 Å². The van der Waals surface area contributed by atoms with Crippen LogP contribution in [0.4, 0.5) is 0 Å². The number of hydrogen-bond donors (Lipinski definition) is 3. The van der Waals surface area contributed by atoms with Crippen molar-refractivity contribution in [3.05, 3.63) is 29.8 Å². The molecule has 6 nitrogen and oxygen atoms in total. The fourth-order valence-electron chi connectivity index (χ4n) is 1.51. The number of nitrogens with one attached hydrogen (secondary N) is 1. The first-order chi connectivity index (χ1) is 8.31. The number of rotatable bonds is 6. The highest BCUT2D eigenvalue weighted by atomic mass is 31.2. The van der Waals surface area contributed by atoms with Crippen LogP contribution in [0.15, 0.2) is 24.3 Å². The van der Waals surface area contributed by atoms with Crippen molar-refractivity contribution >= 4 is 13.6 Å². The third kappa shape index (κ3) is 4.98. The van der Waals surface area contributed by atoms with Crippen molar-refractivity contribution in [1.29, 1.82) is 0 Å². The Kier molecular flexibility index (Phi) is 5.04. The summed E-state index contributed by atoms with van der Waals surface area (Å²) < 4.78 is 15.0. The molecular weight excluding hydrogens is 257 g/mol. The molecule has 18 heavy (non-hydrogen) atoms. The zero-order valence-electron chi connectivity index (χ0n) is 10.2. The highest BCUT2D eigenvalue weighted by Crippen LogP contribution is 2.37. The quantitative estimate of drug-likeness (QED) is 0.666. The summed E-state index contributed by atoms with van der Waals surface area (Å²) in [4.78, 5) is 28.5. The van der Waals surface area contributed by atoms with Gasteiger partial charge in [-0.25, -0.2) is 4.57 Å². The van der Waals surface area contributed by atoms with E-state index in [4.69, 9.17) is 9.79 Å². The first kappa shape index (κ1) is 14.9. The van der Waals surface area contributed by atoms with Gasteiger partial charge >= 0.3 is 7.82 Å². The van der Waals surface area contributed by atoms with Crippen molar-refractivity contribution < 1.29 is 23.7 Å². The van der Waals surface area contributed by atoms with Crippen molar-refractivity contribution in [2.24, 2.45) is 0 Å². The molecule has 0 aliphatic rings. The smallest absolute Gasteiger partial charge is 0.404 e. The predicted molar refractivity (Wildman–Crippen MR) is 66.3 cm³/mol. The molecule has 0 amide bonds. The van der Waals surface area contributed by atoms with Crippen molar-refractivity contribution in [2.75, 3.05) is 7.05 Å². The molecule has 1 rings (SSSR count). The molecule has 0 radical (unpaired) electrons. The van der Waals surface area contributed by atoms with Crippen LogP contribution in [0, 0.1) is 0 Å². The Balaban J connectivity index is 2.71. The van der Waals surface area contributed by atoms with E-state index in [1.54, 1.807) is 19.2 Å². The van der Waals surface area contributed by atoms with Gasteiger partial charge in [0, 0.05) is 0 Å². The SMILES string of the molecule is CNC(Cc1ccc(OP(=O)(O)O)cc1)C(C)=O. The topological polar surface area (TPSA) is 95.9 Å². The molecule has 1 unspecified atom stereocenters. The number of carbonyl (C=O) groups is 1. The van der Waals surface area contributed by atoms with Crippen LogP contribution >= 0.6 is 7.82 Å². The van der Waals surface area contributed by atoms with Gasteiger partial charge < -0.3 is 9.84 Å². The molecule has 0 aliphatic heterocycles.